The maximum absolute atomic E-state index is 11.9. The number of ether oxygens (including phenoxy) is 1. The summed E-state index contributed by atoms with van der Waals surface area (Å²) in [4.78, 5) is 11.9. The van der Waals surface area contributed by atoms with Crippen molar-refractivity contribution in [3.63, 3.8) is 0 Å². The molecule has 0 heterocycles. The predicted molar refractivity (Wildman–Crippen MR) is 95.2 cm³/mol. The van der Waals surface area contributed by atoms with E-state index < -0.39 is 0 Å². The van der Waals surface area contributed by atoms with Gasteiger partial charge in [-0.25, -0.2) is 0 Å². The molecular weight excluding hydrogens is 310 g/mol. The average Bonchev–Trinajstić information content (AvgIpc) is 2.56. The Morgan fingerprint density at radius 2 is 1.87 bits per heavy atom. The number of benzene rings is 1. The summed E-state index contributed by atoms with van der Waals surface area (Å²) in [5, 5.41) is 3.73. The van der Waals surface area contributed by atoms with Gasteiger partial charge in [0.15, 0.2) is 5.11 Å². The molecule has 0 atom stereocenters. The summed E-state index contributed by atoms with van der Waals surface area (Å²) in [5.74, 6) is 0.689. The van der Waals surface area contributed by atoms with Crippen molar-refractivity contribution in [2.45, 2.75) is 51.5 Å². The fraction of sp³-hybridized carbons (Fsp3) is 0.529. The van der Waals surface area contributed by atoms with Crippen LogP contribution in [0.3, 0.4) is 0 Å². The highest BCUT2D eigenvalue weighted by molar-refractivity contribution is 7.80. The van der Waals surface area contributed by atoms with Crippen LogP contribution < -0.4 is 20.9 Å². The number of hydrogen-bond acceptors (Lipinski definition) is 3. The first-order valence-corrected chi connectivity index (χ1v) is 8.65. The van der Waals surface area contributed by atoms with Crippen molar-refractivity contribution in [3.8, 4) is 5.75 Å². The lowest BCUT2D eigenvalue weighted by Crippen LogP contribution is -2.50. The number of hydrazine groups is 1. The van der Waals surface area contributed by atoms with E-state index in [0.29, 0.717) is 24.2 Å². The van der Waals surface area contributed by atoms with E-state index in [1.807, 2.05) is 31.2 Å². The number of hydrogen-bond donors (Lipinski definition) is 3. The highest BCUT2D eigenvalue weighted by Crippen LogP contribution is 2.17. The Balaban J connectivity index is 1.68. The SMILES string of the molecule is CCOc1ccc(CC(=O)NNC(=S)NC2CCCCC2)cc1. The molecule has 1 saturated carbocycles. The minimum Gasteiger partial charge on any atom is -0.494 e. The van der Waals surface area contributed by atoms with Crippen molar-refractivity contribution >= 4 is 23.2 Å². The summed E-state index contributed by atoms with van der Waals surface area (Å²) in [5.41, 5.74) is 6.34. The van der Waals surface area contributed by atoms with E-state index in [1.165, 1.54) is 19.3 Å². The first-order chi connectivity index (χ1) is 11.2. The maximum Gasteiger partial charge on any atom is 0.242 e. The zero-order valence-electron chi connectivity index (χ0n) is 13.6. The molecule has 5 nitrogen and oxygen atoms in total. The highest BCUT2D eigenvalue weighted by atomic mass is 32.1. The molecule has 1 amide bonds. The molecule has 1 aliphatic rings. The molecule has 0 bridgehead atoms. The lowest BCUT2D eigenvalue weighted by atomic mass is 9.96. The second kappa shape index (κ2) is 9.35. The Morgan fingerprint density at radius 3 is 2.52 bits per heavy atom. The van der Waals surface area contributed by atoms with Crippen LogP contribution in [0.25, 0.3) is 0 Å². The van der Waals surface area contributed by atoms with E-state index in [9.17, 15) is 4.79 Å². The largest absolute Gasteiger partial charge is 0.494 e. The molecule has 0 saturated heterocycles. The number of nitrogens with one attached hydrogen (secondary N) is 3. The van der Waals surface area contributed by atoms with Gasteiger partial charge in [0.05, 0.1) is 13.0 Å². The van der Waals surface area contributed by atoms with Crippen LogP contribution in [0.5, 0.6) is 5.75 Å². The van der Waals surface area contributed by atoms with Gasteiger partial charge in [-0.3, -0.25) is 15.6 Å². The minimum atomic E-state index is -0.123. The third-order valence-corrected chi connectivity index (χ3v) is 4.07. The minimum absolute atomic E-state index is 0.123. The monoisotopic (exact) mass is 335 g/mol. The Hall–Kier alpha value is -1.82. The maximum atomic E-state index is 11.9. The third-order valence-electron chi connectivity index (χ3n) is 3.85. The Bertz CT molecular complexity index is 513. The van der Waals surface area contributed by atoms with Crippen LogP contribution in [-0.2, 0) is 11.2 Å². The van der Waals surface area contributed by atoms with Crippen LogP contribution in [-0.4, -0.2) is 23.7 Å². The third kappa shape index (κ3) is 6.44. The first-order valence-electron chi connectivity index (χ1n) is 8.24. The molecule has 0 radical (unpaired) electrons. The molecule has 0 unspecified atom stereocenters. The van der Waals surface area contributed by atoms with Crippen molar-refractivity contribution in [3.05, 3.63) is 29.8 Å². The van der Waals surface area contributed by atoms with E-state index in [1.54, 1.807) is 0 Å². The molecular formula is C17H25N3O2S. The molecule has 0 aromatic heterocycles. The van der Waals surface area contributed by atoms with Crippen molar-refractivity contribution in [1.29, 1.82) is 0 Å². The Kier molecular flexibility index (Phi) is 7.13. The lowest BCUT2D eigenvalue weighted by molar-refractivity contribution is -0.121. The fourth-order valence-corrected chi connectivity index (χ4v) is 2.91. The van der Waals surface area contributed by atoms with Gasteiger partial charge >= 0.3 is 0 Å². The van der Waals surface area contributed by atoms with Gasteiger partial charge in [0.2, 0.25) is 5.91 Å². The van der Waals surface area contributed by atoms with Crippen LogP contribution in [0, 0.1) is 0 Å². The van der Waals surface area contributed by atoms with E-state index in [0.717, 1.165) is 24.2 Å². The Morgan fingerprint density at radius 1 is 1.17 bits per heavy atom. The van der Waals surface area contributed by atoms with Crippen LogP contribution in [0.15, 0.2) is 24.3 Å². The van der Waals surface area contributed by atoms with Gasteiger partial charge in [0.25, 0.3) is 0 Å². The van der Waals surface area contributed by atoms with E-state index in [-0.39, 0.29) is 5.91 Å². The number of carbonyl (C=O) groups is 1. The van der Waals surface area contributed by atoms with E-state index in [4.69, 9.17) is 17.0 Å². The molecule has 2 rings (SSSR count). The molecule has 1 fully saturated rings. The molecule has 1 aromatic rings. The van der Waals surface area contributed by atoms with Crippen molar-refractivity contribution < 1.29 is 9.53 Å². The molecule has 3 N–H and O–H groups in total. The summed E-state index contributed by atoms with van der Waals surface area (Å²) in [7, 11) is 0. The second-order valence-electron chi connectivity index (χ2n) is 5.74. The summed E-state index contributed by atoms with van der Waals surface area (Å²) in [6, 6.07) is 7.95. The molecule has 0 aliphatic heterocycles. The van der Waals surface area contributed by atoms with Crippen LogP contribution >= 0.6 is 12.2 Å². The van der Waals surface area contributed by atoms with Gasteiger partial charge in [-0.2, -0.15) is 0 Å². The molecule has 1 aliphatic carbocycles. The van der Waals surface area contributed by atoms with Crippen LogP contribution in [0.2, 0.25) is 0 Å². The van der Waals surface area contributed by atoms with Gasteiger partial charge in [-0.15, -0.1) is 0 Å². The Labute approximate surface area is 143 Å². The smallest absolute Gasteiger partial charge is 0.242 e. The highest BCUT2D eigenvalue weighted by Gasteiger charge is 2.14. The van der Waals surface area contributed by atoms with Crippen molar-refractivity contribution in [2.24, 2.45) is 0 Å². The van der Waals surface area contributed by atoms with Gasteiger partial charge in [-0.05, 0) is 49.7 Å². The average molecular weight is 335 g/mol. The summed E-state index contributed by atoms with van der Waals surface area (Å²) < 4.78 is 5.38. The first kappa shape index (κ1) is 17.5. The zero-order chi connectivity index (χ0) is 16.5. The number of amides is 1. The molecule has 1 aromatic carbocycles. The summed E-state index contributed by atoms with van der Waals surface area (Å²) >= 11 is 5.21. The fourth-order valence-electron chi connectivity index (χ4n) is 2.69. The zero-order valence-corrected chi connectivity index (χ0v) is 14.4. The van der Waals surface area contributed by atoms with Gasteiger partial charge in [0, 0.05) is 6.04 Å². The van der Waals surface area contributed by atoms with E-state index >= 15 is 0 Å². The molecule has 23 heavy (non-hydrogen) atoms. The van der Waals surface area contributed by atoms with Gasteiger partial charge in [-0.1, -0.05) is 31.4 Å². The summed E-state index contributed by atoms with van der Waals surface area (Å²) in [6.07, 6.45) is 6.36. The van der Waals surface area contributed by atoms with Gasteiger partial charge < -0.3 is 10.1 Å². The van der Waals surface area contributed by atoms with Crippen molar-refractivity contribution in [2.75, 3.05) is 6.61 Å². The normalized spacial score (nSPS) is 14.8. The summed E-state index contributed by atoms with van der Waals surface area (Å²) in [6.45, 7) is 2.58. The lowest BCUT2D eigenvalue weighted by Gasteiger charge is -2.24. The number of rotatable bonds is 5. The van der Waals surface area contributed by atoms with Gasteiger partial charge in [0.1, 0.15) is 5.75 Å². The molecule has 126 valence electrons. The standard InChI is InChI=1S/C17H25N3O2S/c1-2-22-15-10-8-13(9-11-15)12-16(21)19-20-17(23)18-14-6-4-3-5-7-14/h8-11,14H,2-7,12H2,1H3,(H,19,21)(H2,18,20,23). The predicted octanol–water partition coefficient (Wildman–Crippen LogP) is 2.46. The topological polar surface area (TPSA) is 62.4 Å². The van der Waals surface area contributed by atoms with Crippen molar-refractivity contribution in [1.82, 2.24) is 16.2 Å². The van der Waals surface area contributed by atoms with Crippen LogP contribution in [0.1, 0.15) is 44.6 Å². The second-order valence-corrected chi connectivity index (χ2v) is 6.14. The quantitative estimate of drug-likeness (QED) is 0.570. The van der Waals surface area contributed by atoms with Crippen LogP contribution in [0.4, 0.5) is 0 Å². The molecule has 6 heteroatoms. The molecule has 0 spiro atoms. The van der Waals surface area contributed by atoms with E-state index in [2.05, 4.69) is 16.2 Å². The number of carbonyl (C=O) groups excluding carboxylic acids is 1. The number of thiocarbonyl (C=S) groups is 1.